The molecule has 1 fully saturated rings. The summed E-state index contributed by atoms with van der Waals surface area (Å²) < 4.78 is 39.4. The number of amides is 2. The number of carbonyl (C=O) groups excluding carboxylic acids is 2. The Kier molecular flexibility index (Phi) is 9.45. The van der Waals surface area contributed by atoms with E-state index in [1.807, 2.05) is 29.6 Å². The van der Waals surface area contributed by atoms with Crippen LogP contribution in [0.15, 0.2) is 70.9 Å². The van der Waals surface area contributed by atoms with Crippen molar-refractivity contribution in [3.05, 3.63) is 77.2 Å². The molecule has 0 saturated carbocycles. The second-order valence-corrected chi connectivity index (χ2v) is 12.2. The Morgan fingerprint density at radius 2 is 1.81 bits per heavy atom. The maximum absolute atomic E-state index is 13.2. The summed E-state index contributed by atoms with van der Waals surface area (Å²) in [5.41, 5.74) is 6.49. The summed E-state index contributed by atoms with van der Waals surface area (Å²) in [6, 6.07) is 16.8. The average Bonchev–Trinajstić information content (AvgIpc) is 3.57. The number of aromatic nitrogens is 1. The molecule has 0 bridgehead atoms. The summed E-state index contributed by atoms with van der Waals surface area (Å²) in [6.45, 7) is 3.96. The predicted octanol–water partition coefficient (Wildman–Crippen LogP) is 3.05. The fourth-order valence-electron chi connectivity index (χ4n) is 4.61. The van der Waals surface area contributed by atoms with E-state index in [0.717, 1.165) is 24.5 Å². The standard InChI is InChI=1S/C29H31N5O6S2/c1-39-25-10-9-20(18-27(25)42(37,38)30-11-5-12-34-13-15-40-16-14-34)28(35)32-33-29(36)22-19-24(26-8-4-17-41-26)31-23-7-3-2-6-21(22)23/h2-4,6-10,17-19,30H,5,11-16H2,1H3,(H,32,35)(H,33,36). The lowest BCUT2D eigenvalue weighted by Gasteiger charge is -2.26. The van der Waals surface area contributed by atoms with Gasteiger partial charge in [0.1, 0.15) is 10.6 Å². The van der Waals surface area contributed by atoms with Crippen molar-refractivity contribution in [1.29, 1.82) is 0 Å². The van der Waals surface area contributed by atoms with Crippen molar-refractivity contribution in [1.82, 2.24) is 25.5 Å². The van der Waals surface area contributed by atoms with Gasteiger partial charge in [-0.3, -0.25) is 25.3 Å². The number of ether oxygens (including phenoxy) is 2. The van der Waals surface area contributed by atoms with Crippen LogP contribution < -0.4 is 20.3 Å². The maximum atomic E-state index is 13.2. The Labute approximate surface area is 247 Å². The summed E-state index contributed by atoms with van der Waals surface area (Å²) in [4.78, 5) is 33.8. The highest BCUT2D eigenvalue weighted by Crippen LogP contribution is 2.28. The minimum absolute atomic E-state index is 0.0312. The third-order valence-corrected chi connectivity index (χ3v) is 9.16. The van der Waals surface area contributed by atoms with E-state index >= 15 is 0 Å². The normalized spacial score (nSPS) is 14.0. The van der Waals surface area contributed by atoms with E-state index in [2.05, 4.69) is 25.5 Å². The van der Waals surface area contributed by atoms with Crippen molar-refractivity contribution < 1.29 is 27.5 Å². The summed E-state index contributed by atoms with van der Waals surface area (Å²) in [5.74, 6) is -1.13. The molecule has 3 N–H and O–H groups in total. The van der Waals surface area contributed by atoms with E-state index in [1.165, 1.54) is 36.6 Å². The number of pyridine rings is 1. The molecule has 3 heterocycles. The van der Waals surface area contributed by atoms with Gasteiger partial charge in [-0.05, 0) is 54.7 Å². The Balaban J connectivity index is 1.27. The summed E-state index contributed by atoms with van der Waals surface area (Å²) in [5, 5.41) is 2.55. The molecule has 1 saturated heterocycles. The van der Waals surface area contributed by atoms with Crippen molar-refractivity contribution in [3.8, 4) is 16.3 Å². The number of thiophene rings is 1. The van der Waals surface area contributed by atoms with E-state index in [4.69, 9.17) is 9.47 Å². The van der Waals surface area contributed by atoms with Gasteiger partial charge in [-0.2, -0.15) is 0 Å². The molecule has 1 aliphatic heterocycles. The third-order valence-electron chi connectivity index (χ3n) is 6.79. The first-order chi connectivity index (χ1) is 20.4. The number of benzene rings is 2. The molecule has 2 aromatic heterocycles. The molecule has 42 heavy (non-hydrogen) atoms. The van der Waals surface area contributed by atoms with Gasteiger partial charge >= 0.3 is 0 Å². The minimum Gasteiger partial charge on any atom is -0.495 e. The number of nitrogens with one attached hydrogen (secondary N) is 3. The fourth-order valence-corrected chi connectivity index (χ4v) is 6.56. The number of hydrazine groups is 1. The summed E-state index contributed by atoms with van der Waals surface area (Å²) in [7, 11) is -2.62. The highest BCUT2D eigenvalue weighted by molar-refractivity contribution is 7.89. The number of hydrogen-bond donors (Lipinski definition) is 3. The zero-order valence-electron chi connectivity index (χ0n) is 23.0. The Morgan fingerprint density at radius 1 is 1.02 bits per heavy atom. The smallest absolute Gasteiger partial charge is 0.270 e. The second kappa shape index (κ2) is 13.4. The second-order valence-electron chi connectivity index (χ2n) is 9.53. The van der Waals surface area contributed by atoms with Crippen LogP contribution in [0.4, 0.5) is 0 Å². The number of methoxy groups -OCH3 is 1. The molecule has 0 atom stereocenters. The number of sulfonamides is 1. The van der Waals surface area contributed by atoms with Gasteiger partial charge in [0.15, 0.2) is 0 Å². The molecular weight excluding hydrogens is 578 g/mol. The van der Waals surface area contributed by atoms with Gasteiger partial charge in [0.25, 0.3) is 11.8 Å². The van der Waals surface area contributed by atoms with E-state index < -0.39 is 21.8 Å². The van der Waals surface area contributed by atoms with Gasteiger partial charge in [0.2, 0.25) is 10.0 Å². The van der Waals surface area contributed by atoms with Crippen LogP contribution in [0.2, 0.25) is 0 Å². The van der Waals surface area contributed by atoms with Crippen LogP contribution in [0.5, 0.6) is 5.75 Å². The van der Waals surface area contributed by atoms with Crippen LogP contribution in [0.1, 0.15) is 27.1 Å². The zero-order chi connectivity index (χ0) is 29.5. The van der Waals surface area contributed by atoms with E-state index in [9.17, 15) is 18.0 Å². The van der Waals surface area contributed by atoms with E-state index in [0.29, 0.717) is 41.8 Å². The number of carbonyl (C=O) groups is 2. The molecule has 11 nitrogen and oxygen atoms in total. The van der Waals surface area contributed by atoms with Crippen LogP contribution in [-0.2, 0) is 14.8 Å². The Morgan fingerprint density at radius 3 is 2.57 bits per heavy atom. The van der Waals surface area contributed by atoms with Gasteiger partial charge in [0.05, 0.1) is 42.0 Å². The van der Waals surface area contributed by atoms with E-state index in [1.54, 1.807) is 18.2 Å². The molecule has 13 heteroatoms. The predicted molar refractivity (Wildman–Crippen MR) is 160 cm³/mol. The number of para-hydroxylation sites is 1. The van der Waals surface area contributed by atoms with Crippen LogP contribution in [-0.4, -0.2) is 76.6 Å². The van der Waals surface area contributed by atoms with E-state index in [-0.39, 0.29) is 22.8 Å². The number of hydrogen-bond acceptors (Lipinski definition) is 9. The lowest BCUT2D eigenvalue weighted by Crippen LogP contribution is -2.41. The van der Waals surface area contributed by atoms with Gasteiger partial charge in [-0.15, -0.1) is 11.3 Å². The maximum Gasteiger partial charge on any atom is 0.270 e. The van der Waals surface area contributed by atoms with Crippen molar-refractivity contribution in [2.45, 2.75) is 11.3 Å². The molecule has 1 aliphatic rings. The summed E-state index contributed by atoms with van der Waals surface area (Å²) >= 11 is 1.50. The van der Waals surface area contributed by atoms with Gasteiger partial charge in [-0.25, -0.2) is 18.1 Å². The molecule has 0 radical (unpaired) electrons. The number of fused-ring (bicyclic) bond motifs is 1. The monoisotopic (exact) mass is 609 g/mol. The number of rotatable bonds is 10. The fraction of sp³-hybridized carbons (Fsp3) is 0.276. The topological polar surface area (TPSA) is 139 Å². The Hall–Kier alpha value is -3.88. The first-order valence-electron chi connectivity index (χ1n) is 13.4. The summed E-state index contributed by atoms with van der Waals surface area (Å²) in [6.07, 6.45) is 0.617. The molecule has 0 spiro atoms. The van der Waals surface area contributed by atoms with Gasteiger partial charge in [-0.1, -0.05) is 24.3 Å². The molecule has 0 aliphatic carbocycles. The van der Waals surface area contributed by atoms with Gasteiger partial charge < -0.3 is 9.47 Å². The number of nitrogens with zero attached hydrogens (tertiary/aromatic N) is 2. The lowest BCUT2D eigenvalue weighted by atomic mass is 10.1. The van der Waals surface area contributed by atoms with Crippen LogP contribution in [0, 0.1) is 0 Å². The molecular formula is C29H31N5O6S2. The SMILES string of the molecule is COc1ccc(C(=O)NNC(=O)c2cc(-c3cccs3)nc3ccccc23)cc1S(=O)(=O)NCCCN1CCOCC1. The van der Waals surface area contributed by atoms with Crippen LogP contribution >= 0.6 is 11.3 Å². The molecule has 220 valence electrons. The first kappa shape index (κ1) is 29.6. The third kappa shape index (κ3) is 6.94. The van der Waals surface area contributed by atoms with Crippen molar-refractivity contribution in [2.24, 2.45) is 0 Å². The lowest BCUT2D eigenvalue weighted by molar-refractivity contribution is 0.0376. The quantitative estimate of drug-likeness (QED) is 0.184. The largest absolute Gasteiger partial charge is 0.495 e. The van der Waals surface area contributed by atoms with Crippen molar-refractivity contribution in [3.63, 3.8) is 0 Å². The molecule has 0 unspecified atom stereocenters. The number of morpholine rings is 1. The van der Waals surface area contributed by atoms with Crippen molar-refractivity contribution >= 4 is 44.1 Å². The Bertz CT molecular complexity index is 1670. The molecule has 2 aromatic carbocycles. The van der Waals surface area contributed by atoms with Gasteiger partial charge in [0, 0.05) is 30.6 Å². The van der Waals surface area contributed by atoms with Crippen molar-refractivity contribution in [2.75, 3.05) is 46.5 Å². The molecule has 2 amide bonds. The highest BCUT2D eigenvalue weighted by Gasteiger charge is 2.22. The zero-order valence-corrected chi connectivity index (χ0v) is 24.6. The van der Waals surface area contributed by atoms with Crippen LogP contribution in [0.25, 0.3) is 21.5 Å². The first-order valence-corrected chi connectivity index (χ1v) is 15.7. The average molecular weight is 610 g/mol. The van der Waals surface area contributed by atoms with Crippen LogP contribution in [0.3, 0.4) is 0 Å². The molecule has 5 rings (SSSR count). The molecule has 4 aromatic rings. The minimum atomic E-state index is -3.98. The highest BCUT2D eigenvalue weighted by atomic mass is 32.2.